The number of benzene rings is 2. The smallest absolute Gasteiger partial charge is 0.234 e. The van der Waals surface area contributed by atoms with Crippen LogP contribution < -0.4 is 10.1 Å². The van der Waals surface area contributed by atoms with E-state index in [1.807, 2.05) is 49.4 Å². The molecule has 0 spiro atoms. The molecule has 0 aliphatic heterocycles. The molecule has 5 nitrogen and oxygen atoms in total. The largest absolute Gasteiger partial charge is 0.497 e. The number of nitriles is 1. The van der Waals surface area contributed by atoms with E-state index in [0.717, 1.165) is 28.6 Å². The molecule has 1 N–H and O–H groups in total. The lowest BCUT2D eigenvalue weighted by Gasteiger charge is -2.10. The van der Waals surface area contributed by atoms with Crippen molar-refractivity contribution < 1.29 is 9.53 Å². The minimum atomic E-state index is -0.127. The van der Waals surface area contributed by atoms with Gasteiger partial charge in [0.05, 0.1) is 23.9 Å². The molecule has 1 heterocycles. The third-order valence-electron chi connectivity index (χ3n) is 4.12. The van der Waals surface area contributed by atoms with E-state index >= 15 is 0 Å². The first-order chi connectivity index (χ1) is 13.1. The van der Waals surface area contributed by atoms with E-state index in [0.29, 0.717) is 16.3 Å². The van der Waals surface area contributed by atoms with Gasteiger partial charge in [-0.05, 0) is 36.2 Å². The van der Waals surface area contributed by atoms with Gasteiger partial charge in [0.2, 0.25) is 5.91 Å². The van der Waals surface area contributed by atoms with Gasteiger partial charge in [-0.2, -0.15) is 5.26 Å². The Balaban J connectivity index is 1.77. The SMILES string of the molecule is CCc1ccccc1NC(=O)CSc1nc2cc(OC)ccc2cc1C#N. The van der Waals surface area contributed by atoms with Crippen LogP contribution in [-0.4, -0.2) is 23.8 Å². The summed E-state index contributed by atoms with van der Waals surface area (Å²) in [5.41, 5.74) is 3.10. The van der Waals surface area contributed by atoms with Gasteiger partial charge in [-0.15, -0.1) is 0 Å². The van der Waals surface area contributed by atoms with Gasteiger partial charge in [0.15, 0.2) is 0 Å². The monoisotopic (exact) mass is 377 g/mol. The van der Waals surface area contributed by atoms with Crippen molar-refractivity contribution in [3.8, 4) is 11.8 Å². The quantitative estimate of drug-likeness (QED) is 0.644. The normalized spacial score (nSPS) is 10.4. The Labute approximate surface area is 162 Å². The lowest BCUT2D eigenvalue weighted by Crippen LogP contribution is -2.15. The second-order valence-corrected chi connectivity index (χ2v) is 6.82. The topological polar surface area (TPSA) is 75.0 Å². The third kappa shape index (κ3) is 4.39. The molecule has 0 saturated carbocycles. The number of nitrogens with zero attached hydrogens (tertiary/aromatic N) is 2. The predicted molar refractivity (Wildman–Crippen MR) is 108 cm³/mol. The van der Waals surface area contributed by atoms with E-state index in [1.165, 1.54) is 11.8 Å². The van der Waals surface area contributed by atoms with Crippen LogP contribution >= 0.6 is 11.8 Å². The number of carbonyl (C=O) groups is 1. The van der Waals surface area contributed by atoms with Crippen LogP contribution in [0.1, 0.15) is 18.1 Å². The molecule has 0 atom stereocenters. The van der Waals surface area contributed by atoms with E-state index in [4.69, 9.17) is 4.74 Å². The molecule has 0 unspecified atom stereocenters. The first-order valence-electron chi connectivity index (χ1n) is 8.54. The molecule has 0 radical (unpaired) electrons. The zero-order valence-electron chi connectivity index (χ0n) is 15.2. The van der Waals surface area contributed by atoms with Gasteiger partial charge in [0, 0.05) is 17.1 Å². The number of ether oxygens (including phenoxy) is 1. The summed E-state index contributed by atoms with van der Waals surface area (Å²) < 4.78 is 5.23. The van der Waals surface area contributed by atoms with Crippen LogP contribution in [0.15, 0.2) is 53.6 Å². The van der Waals surface area contributed by atoms with Gasteiger partial charge >= 0.3 is 0 Å². The number of aryl methyl sites for hydroxylation is 1. The lowest BCUT2D eigenvalue weighted by atomic mass is 10.1. The number of hydrogen-bond donors (Lipinski definition) is 1. The van der Waals surface area contributed by atoms with Crippen molar-refractivity contribution in [3.05, 3.63) is 59.7 Å². The van der Waals surface area contributed by atoms with Gasteiger partial charge in [-0.3, -0.25) is 4.79 Å². The summed E-state index contributed by atoms with van der Waals surface area (Å²) in [7, 11) is 1.60. The van der Waals surface area contributed by atoms with Crippen LogP contribution in [-0.2, 0) is 11.2 Å². The van der Waals surface area contributed by atoms with Crippen LogP contribution in [0.4, 0.5) is 5.69 Å². The number of aromatic nitrogens is 1. The van der Waals surface area contributed by atoms with Gasteiger partial charge < -0.3 is 10.1 Å². The Kier molecular flexibility index (Phi) is 5.94. The van der Waals surface area contributed by atoms with Crippen molar-refractivity contribution in [1.82, 2.24) is 4.98 Å². The highest BCUT2D eigenvalue weighted by Gasteiger charge is 2.12. The maximum Gasteiger partial charge on any atom is 0.234 e. The lowest BCUT2D eigenvalue weighted by molar-refractivity contribution is -0.113. The molecule has 136 valence electrons. The molecule has 0 aliphatic rings. The molecule has 3 aromatic rings. The Morgan fingerprint density at radius 2 is 2.07 bits per heavy atom. The van der Waals surface area contributed by atoms with E-state index < -0.39 is 0 Å². The fraction of sp³-hybridized carbons (Fsp3) is 0.190. The number of thioether (sulfide) groups is 1. The highest BCUT2D eigenvalue weighted by Crippen LogP contribution is 2.27. The summed E-state index contributed by atoms with van der Waals surface area (Å²) in [5.74, 6) is 0.747. The number of rotatable bonds is 6. The molecular weight excluding hydrogens is 358 g/mol. The Morgan fingerprint density at radius 3 is 2.81 bits per heavy atom. The number of nitrogens with one attached hydrogen (secondary N) is 1. The van der Waals surface area contributed by atoms with E-state index in [9.17, 15) is 10.1 Å². The highest BCUT2D eigenvalue weighted by atomic mass is 32.2. The standard InChI is InChI=1S/C21H19N3O2S/c1-3-14-6-4-5-7-18(14)23-20(25)13-27-21-16(12-22)10-15-8-9-17(26-2)11-19(15)24-21/h4-11H,3,13H2,1-2H3,(H,23,25). The number of anilines is 1. The van der Waals surface area contributed by atoms with E-state index in [2.05, 4.69) is 16.4 Å². The van der Waals surface area contributed by atoms with Crippen LogP contribution in [0, 0.1) is 11.3 Å². The van der Waals surface area contributed by atoms with E-state index in [1.54, 1.807) is 13.2 Å². The van der Waals surface area contributed by atoms with E-state index in [-0.39, 0.29) is 11.7 Å². The first kappa shape index (κ1) is 18.7. The van der Waals surface area contributed by atoms with Crippen molar-refractivity contribution in [2.45, 2.75) is 18.4 Å². The summed E-state index contributed by atoms with van der Waals surface area (Å²) in [6.45, 7) is 2.05. The van der Waals surface area contributed by atoms with Crippen LogP contribution in [0.2, 0.25) is 0 Å². The molecule has 1 aromatic heterocycles. The molecule has 0 bridgehead atoms. The average molecular weight is 377 g/mol. The summed E-state index contributed by atoms with van der Waals surface area (Å²) in [6.07, 6.45) is 0.843. The Bertz CT molecular complexity index is 1030. The molecule has 27 heavy (non-hydrogen) atoms. The van der Waals surface area contributed by atoms with Crippen molar-refractivity contribution in [2.24, 2.45) is 0 Å². The molecule has 3 rings (SSSR count). The Morgan fingerprint density at radius 1 is 1.26 bits per heavy atom. The summed E-state index contributed by atoms with van der Waals surface area (Å²) >= 11 is 1.25. The van der Waals surface area contributed by atoms with Gasteiger partial charge in [-0.1, -0.05) is 36.9 Å². The number of hydrogen-bond acceptors (Lipinski definition) is 5. The maximum atomic E-state index is 12.4. The van der Waals surface area contributed by atoms with Crippen molar-refractivity contribution in [1.29, 1.82) is 5.26 Å². The molecule has 0 fully saturated rings. The van der Waals surface area contributed by atoms with Crippen LogP contribution in [0.5, 0.6) is 5.75 Å². The second-order valence-electron chi connectivity index (χ2n) is 5.86. The Hall–Kier alpha value is -3.04. The summed E-state index contributed by atoms with van der Waals surface area (Å²) in [6, 6.07) is 17.2. The number of amides is 1. The number of pyridine rings is 1. The van der Waals surface area contributed by atoms with Gasteiger partial charge in [-0.25, -0.2) is 4.98 Å². The van der Waals surface area contributed by atoms with Gasteiger partial charge in [0.25, 0.3) is 0 Å². The average Bonchev–Trinajstić information content (AvgIpc) is 2.71. The fourth-order valence-corrected chi connectivity index (χ4v) is 3.48. The maximum absolute atomic E-state index is 12.4. The molecule has 0 aliphatic carbocycles. The molecule has 1 amide bonds. The number of fused-ring (bicyclic) bond motifs is 1. The molecule has 0 saturated heterocycles. The number of carbonyl (C=O) groups excluding carboxylic acids is 1. The fourth-order valence-electron chi connectivity index (χ4n) is 2.72. The number of methoxy groups -OCH3 is 1. The molecular formula is C21H19N3O2S. The third-order valence-corrected chi connectivity index (χ3v) is 5.11. The minimum absolute atomic E-state index is 0.127. The van der Waals surface area contributed by atoms with Crippen LogP contribution in [0.25, 0.3) is 10.9 Å². The molecule has 2 aromatic carbocycles. The minimum Gasteiger partial charge on any atom is -0.497 e. The highest BCUT2D eigenvalue weighted by molar-refractivity contribution is 8.00. The zero-order chi connectivity index (χ0) is 19.2. The van der Waals surface area contributed by atoms with Crippen molar-refractivity contribution in [2.75, 3.05) is 18.2 Å². The second kappa shape index (κ2) is 8.56. The summed E-state index contributed by atoms with van der Waals surface area (Å²) in [4.78, 5) is 16.9. The summed E-state index contributed by atoms with van der Waals surface area (Å²) in [5, 5.41) is 13.8. The van der Waals surface area contributed by atoms with Crippen molar-refractivity contribution >= 4 is 34.3 Å². The zero-order valence-corrected chi connectivity index (χ0v) is 16.0. The van der Waals surface area contributed by atoms with Gasteiger partial charge in [0.1, 0.15) is 16.8 Å². The molecule has 6 heteroatoms. The predicted octanol–water partition coefficient (Wildman–Crippen LogP) is 4.41. The van der Waals surface area contributed by atoms with Crippen LogP contribution in [0.3, 0.4) is 0 Å². The number of para-hydroxylation sites is 1. The first-order valence-corrected chi connectivity index (χ1v) is 9.52. The van der Waals surface area contributed by atoms with Crippen molar-refractivity contribution in [3.63, 3.8) is 0 Å².